The number of nitrogens with one attached hydrogen (secondary N) is 1. The Morgan fingerprint density at radius 1 is 2.00 bits per heavy atom. The molecule has 0 unspecified atom stereocenters. The molecule has 6 heavy (non-hydrogen) atoms. The minimum atomic E-state index is -0.213. The van der Waals surface area contributed by atoms with Gasteiger partial charge in [0.15, 0.2) is 0 Å². The molecule has 1 aliphatic heterocycles. The second kappa shape index (κ2) is 1.30. The van der Waals surface area contributed by atoms with Gasteiger partial charge in [0.2, 0.25) is 0 Å². The van der Waals surface area contributed by atoms with E-state index >= 15 is 0 Å². The van der Waals surface area contributed by atoms with Crippen LogP contribution in [-0.4, -0.2) is 20.1 Å². The molecule has 1 saturated heterocycles. The Bertz CT molecular complexity index is 65.9. The van der Waals surface area contributed by atoms with E-state index in [1.807, 2.05) is 0 Å². The molecule has 0 aromatic carbocycles. The molecule has 1 fully saturated rings. The number of rotatable bonds is 0. The van der Waals surface area contributed by atoms with Crippen LogP contribution in [0.4, 0.5) is 0 Å². The summed E-state index contributed by atoms with van der Waals surface area (Å²) in [5, 5.41) is 2.58. The summed E-state index contributed by atoms with van der Waals surface area (Å²) in [7, 11) is 1.28. The van der Waals surface area contributed by atoms with E-state index in [-0.39, 0.29) is 5.97 Å². The van der Waals surface area contributed by atoms with Crippen LogP contribution in [0, 0.1) is 0 Å². The van der Waals surface area contributed by atoms with E-state index in [0.29, 0.717) is 6.54 Å². The number of hydrogen-bond donors (Lipinski definition) is 1. The van der Waals surface area contributed by atoms with E-state index in [2.05, 4.69) is 9.88 Å². The first kappa shape index (κ1) is 3.68. The monoisotopic (exact) mass is 84.0 g/mol. The third-order valence-corrected chi connectivity index (χ3v) is 0.520. The SMILES string of the molecule is O=C1CN[B]O1. The number of hydrogen-bond acceptors (Lipinski definition) is 3. The first-order valence-corrected chi connectivity index (χ1v) is 1.64. The molecule has 0 bridgehead atoms. The Labute approximate surface area is 36.0 Å². The van der Waals surface area contributed by atoms with Gasteiger partial charge in [-0.3, -0.25) is 4.79 Å². The van der Waals surface area contributed by atoms with Crippen LogP contribution in [0.1, 0.15) is 0 Å². The molecule has 0 aromatic rings. The molecule has 0 amide bonds. The van der Waals surface area contributed by atoms with Gasteiger partial charge in [0, 0.05) is 0 Å². The van der Waals surface area contributed by atoms with Crippen LogP contribution in [0.15, 0.2) is 0 Å². The van der Waals surface area contributed by atoms with Crippen LogP contribution in [0.5, 0.6) is 0 Å². The van der Waals surface area contributed by atoms with Crippen molar-refractivity contribution in [1.29, 1.82) is 0 Å². The first-order chi connectivity index (χ1) is 2.89. The smallest absolute Gasteiger partial charge is 0.479 e. The van der Waals surface area contributed by atoms with E-state index in [1.165, 1.54) is 7.62 Å². The zero-order valence-corrected chi connectivity index (χ0v) is 3.10. The molecule has 1 rings (SSSR count). The summed E-state index contributed by atoms with van der Waals surface area (Å²) in [4.78, 5) is 9.93. The average molecular weight is 83.9 g/mol. The van der Waals surface area contributed by atoms with E-state index in [0.717, 1.165) is 0 Å². The van der Waals surface area contributed by atoms with Crippen molar-refractivity contribution >= 4 is 13.6 Å². The molecule has 0 aliphatic carbocycles. The van der Waals surface area contributed by atoms with Crippen molar-refractivity contribution in [1.82, 2.24) is 5.23 Å². The Kier molecular flexibility index (Phi) is 0.798. The standard InChI is InChI=1S/C2H3BNO2/c5-2-1-4-3-6-2/h4H,1H2. The lowest BCUT2D eigenvalue weighted by molar-refractivity contribution is -0.131. The van der Waals surface area contributed by atoms with Gasteiger partial charge in [-0.25, -0.2) is 0 Å². The summed E-state index contributed by atoms with van der Waals surface area (Å²) in [6.45, 7) is 0.319. The van der Waals surface area contributed by atoms with Crippen LogP contribution < -0.4 is 5.23 Å². The fourth-order valence-electron chi connectivity index (χ4n) is 0.274. The highest BCUT2D eigenvalue weighted by atomic mass is 16.5. The van der Waals surface area contributed by atoms with Crippen molar-refractivity contribution in [2.75, 3.05) is 6.54 Å². The van der Waals surface area contributed by atoms with Gasteiger partial charge < -0.3 is 9.88 Å². The van der Waals surface area contributed by atoms with Crippen LogP contribution in [0.2, 0.25) is 0 Å². The Hall–Kier alpha value is -0.505. The molecule has 3 nitrogen and oxygen atoms in total. The fraction of sp³-hybridized carbons (Fsp3) is 0.500. The van der Waals surface area contributed by atoms with Gasteiger partial charge in [-0.05, 0) is 0 Å². The van der Waals surface area contributed by atoms with Crippen molar-refractivity contribution in [2.45, 2.75) is 0 Å². The third-order valence-electron chi connectivity index (χ3n) is 0.520. The van der Waals surface area contributed by atoms with Gasteiger partial charge in [-0.2, -0.15) is 0 Å². The van der Waals surface area contributed by atoms with Crippen LogP contribution in [-0.2, 0) is 9.45 Å². The lowest BCUT2D eigenvalue weighted by atomic mass is 10.3. The van der Waals surface area contributed by atoms with Crippen LogP contribution in [0.3, 0.4) is 0 Å². The molecule has 1 heterocycles. The Balaban J connectivity index is 2.37. The Morgan fingerprint density at radius 3 is 3.00 bits per heavy atom. The Morgan fingerprint density at radius 2 is 2.83 bits per heavy atom. The molecule has 0 spiro atoms. The second-order valence-electron chi connectivity index (χ2n) is 0.989. The number of carbonyl (C=O) groups is 1. The topological polar surface area (TPSA) is 38.3 Å². The zero-order valence-electron chi connectivity index (χ0n) is 3.10. The lowest BCUT2D eigenvalue weighted by Gasteiger charge is -1.78. The predicted octanol–water partition coefficient (Wildman–Crippen LogP) is -1.33. The molecule has 31 valence electrons. The summed E-state index contributed by atoms with van der Waals surface area (Å²) in [6.07, 6.45) is 0. The van der Waals surface area contributed by atoms with Crippen molar-refractivity contribution in [3.8, 4) is 0 Å². The molecular weight excluding hydrogens is 80.8 g/mol. The zero-order chi connectivity index (χ0) is 4.41. The highest BCUT2D eigenvalue weighted by Crippen LogP contribution is 1.77. The molecule has 0 atom stereocenters. The van der Waals surface area contributed by atoms with E-state index < -0.39 is 0 Å². The van der Waals surface area contributed by atoms with Crippen LogP contribution >= 0.6 is 0 Å². The third kappa shape index (κ3) is 0.516. The average Bonchev–Trinajstić information content (AvgIpc) is 1.86. The minimum absolute atomic E-state index is 0.213. The lowest BCUT2D eigenvalue weighted by Crippen LogP contribution is -2.10. The summed E-state index contributed by atoms with van der Waals surface area (Å²) in [6, 6.07) is 0. The summed E-state index contributed by atoms with van der Waals surface area (Å²) >= 11 is 0. The van der Waals surface area contributed by atoms with Gasteiger partial charge in [-0.1, -0.05) is 0 Å². The maximum Gasteiger partial charge on any atom is 0.479 e. The molecule has 1 aliphatic rings. The van der Waals surface area contributed by atoms with E-state index in [4.69, 9.17) is 0 Å². The molecule has 4 heteroatoms. The molecule has 1 radical (unpaired) electrons. The highest BCUT2D eigenvalue weighted by molar-refractivity contribution is 6.30. The van der Waals surface area contributed by atoms with Crippen molar-refractivity contribution in [2.24, 2.45) is 0 Å². The summed E-state index contributed by atoms with van der Waals surface area (Å²) in [5.41, 5.74) is 0. The quantitative estimate of drug-likeness (QED) is 0.369. The van der Waals surface area contributed by atoms with Crippen molar-refractivity contribution in [3.63, 3.8) is 0 Å². The maximum absolute atomic E-state index is 9.93. The molecule has 1 N–H and O–H groups in total. The van der Waals surface area contributed by atoms with Gasteiger partial charge in [0.25, 0.3) is 0 Å². The second-order valence-corrected chi connectivity index (χ2v) is 0.989. The van der Waals surface area contributed by atoms with Gasteiger partial charge in [-0.15, -0.1) is 0 Å². The van der Waals surface area contributed by atoms with E-state index in [1.54, 1.807) is 0 Å². The summed E-state index contributed by atoms with van der Waals surface area (Å²) in [5.74, 6) is -0.213. The van der Waals surface area contributed by atoms with Crippen molar-refractivity contribution < 1.29 is 9.45 Å². The maximum atomic E-state index is 9.93. The largest absolute Gasteiger partial charge is 0.521 e. The summed E-state index contributed by atoms with van der Waals surface area (Å²) < 4.78 is 4.28. The molecule has 0 aromatic heterocycles. The first-order valence-electron chi connectivity index (χ1n) is 1.64. The number of carbonyl (C=O) groups excluding carboxylic acids is 1. The van der Waals surface area contributed by atoms with E-state index in [9.17, 15) is 4.79 Å². The van der Waals surface area contributed by atoms with Gasteiger partial charge in [0.05, 0.1) is 6.54 Å². The molecular formula is C2H3BNO2. The normalized spacial score (nSPS) is 19.7. The van der Waals surface area contributed by atoms with Gasteiger partial charge in [0.1, 0.15) is 0 Å². The van der Waals surface area contributed by atoms with Crippen LogP contribution in [0.25, 0.3) is 0 Å². The fourth-order valence-corrected chi connectivity index (χ4v) is 0.274. The molecule has 0 saturated carbocycles. The van der Waals surface area contributed by atoms with Gasteiger partial charge >= 0.3 is 13.6 Å². The van der Waals surface area contributed by atoms with Crippen molar-refractivity contribution in [3.05, 3.63) is 0 Å². The highest BCUT2D eigenvalue weighted by Gasteiger charge is 2.10. The minimum Gasteiger partial charge on any atom is -0.521 e. The predicted molar refractivity (Wildman–Crippen MR) is 19.8 cm³/mol.